The summed E-state index contributed by atoms with van der Waals surface area (Å²) in [5.41, 5.74) is 2.18. The van der Waals surface area contributed by atoms with E-state index in [0.29, 0.717) is 16.7 Å². The molecular weight excluding hydrogens is 358 g/mol. The number of amides is 1. The van der Waals surface area contributed by atoms with Crippen LogP contribution < -0.4 is 10.6 Å². The lowest BCUT2D eigenvalue weighted by Gasteiger charge is -2.27. The van der Waals surface area contributed by atoms with Crippen molar-refractivity contribution in [1.82, 2.24) is 25.7 Å². The van der Waals surface area contributed by atoms with Crippen molar-refractivity contribution in [1.29, 1.82) is 0 Å². The van der Waals surface area contributed by atoms with Gasteiger partial charge in [0.2, 0.25) is 0 Å². The molecule has 1 saturated heterocycles. The summed E-state index contributed by atoms with van der Waals surface area (Å²) < 4.78 is 0.698. The minimum absolute atomic E-state index is 0.137. The largest absolute Gasteiger partial charge is 0.349 e. The third-order valence-corrected chi connectivity index (χ3v) is 4.68. The van der Waals surface area contributed by atoms with Crippen LogP contribution in [0.1, 0.15) is 10.5 Å². The van der Waals surface area contributed by atoms with Crippen LogP contribution in [0.4, 0.5) is 0 Å². The van der Waals surface area contributed by atoms with Gasteiger partial charge in [0.15, 0.2) is 0 Å². The lowest BCUT2D eigenvalue weighted by Crippen LogP contribution is -2.46. The highest BCUT2D eigenvalue weighted by Gasteiger charge is 2.18. The number of hydrogen-bond donors (Lipinski definition) is 3. The fraction of sp³-hybridized carbons (Fsp3) is 0.375. The molecule has 1 aliphatic heterocycles. The zero-order chi connectivity index (χ0) is 16.1. The molecule has 0 radical (unpaired) electrons. The van der Waals surface area contributed by atoms with Gasteiger partial charge in [-0.25, -0.2) is 0 Å². The summed E-state index contributed by atoms with van der Waals surface area (Å²) in [6.07, 6.45) is 0. The SMILES string of the molecule is O=C(NCCN1CCNCC1)c1[nH]nc(-c2ccccc2)c1Br. The number of benzene rings is 1. The molecule has 0 bridgehead atoms. The average molecular weight is 378 g/mol. The fourth-order valence-electron chi connectivity index (χ4n) is 2.62. The number of hydrogen-bond acceptors (Lipinski definition) is 4. The van der Waals surface area contributed by atoms with Crippen molar-refractivity contribution in [3.63, 3.8) is 0 Å². The molecule has 0 unspecified atom stereocenters. The van der Waals surface area contributed by atoms with E-state index in [2.05, 4.69) is 41.7 Å². The van der Waals surface area contributed by atoms with Gasteiger partial charge in [0.05, 0.1) is 4.47 Å². The summed E-state index contributed by atoms with van der Waals surface area (Å²) in [6, 6.07) is 9.78. The number of piperazine rings is 1. The molecule has 3 rings (SSSR count). The first-order chi connectivity index (χ1) is 11.3. The van der Waals surface area contributed by atoms with Crippen LogP contribution in [0.15, 0.2) is 34.8 Å². The molecule has 2 aromatic rings. The van der Waals surface area contributed by atoms with E-state index in [9.17, 15) is 4.79 Å². The summed E-state index contributed by atoms with van der Waals surface area (Å²) in [7, 11) is 0. The number of H-pyrrole nitrogens is 1. The monoisotopic (exact) mass is 377 g/mol. The van der Waals surface area contributed by atoms with Crippen LogP contribution >= 0.6 is 15.9 Å². The Morgan fingerprint density at radius 3 is 2.74 bits per heavy atom. The summed E-state index contributed by atoms with van der Waals surface area (Å²) in [5.74, 6) is -0.137. The van der Waals surface area contributed by atoms with E-state index in [1.807, 2.05) is 30.3 Å². The molecule has 2 heterocycles. The van der Waals surface area contributed by atoms with Gasteiger partial charge in [0.1, 0.15) is 11.4 Å². The molecule has 6 nitrogen and oxygen atoms in total. The van der Waals surface area contributed by atoms with Crippen molar-refractivity contribution >= 4 is 21.8 Å². The number of carbonyl (C=O) groups excluding carboxylic acids is 1. The highest BCUT2D eigenvalue weighted by Crippen LogP contribution is 2.28. The molecule has 1 aromatic carbocycles. The average Bonchev–Trinajstić information content (AvgIpc) is 2.98. The second-order valence-corrected chi connectivity index (χ2v) is 6.27. The molecule has 1 aromatic heterocycles. The first-order valence-electron chi connectivity index (χ1n) is 7.76. The molecule has 0 saturated carbocycles. The van der Waals surface area contributed by atoms with Gasteiger partial charge in [0.25, 0.3) is 5.91 Å². The van der Waals surface area contributed by atoms with E-state index in [1.54, 1.807) is 0 Å². The Morgan fingerprint density at radius 1 is 1.26 bits per heavy atom. The molecule has 1 aliphatic rings. The van der Waals surface area contributed by atoms with E-state index < -0.39 is 0 Å². The second-order valence-electron chi connectivity index (χ2n) is 5.47. The maximum Gasteiger partial charge on any atom is 0.270 e. The minimum atomic E-state index is -0.137. The molecule has 0 spiro atoms. The van der Waals surface area contributed by atoms with Crippen molar-refractivity contribution in [2.75, 3.05) is 39.3 Å². The molecule has 0 aliphatic carbocycles. The van der Waals surface area contributed by atoms with Crippen molar-refractivity contribution in [3.8, 4) is 11.3 Å². The number of aromatic nitrogens is 2. The molecule has 1 amide bonds. The molecule has 0 atom stereocenters. The van der Waals surface area contributed by atoms with E-state index in [4.69, 9.17) is 0 Å². The molecular formula is C16H20BrN5O. The van der Waals surface area contributed by atoms with Crippen LogP contribution in [0, 0.1) is 0 Å². The van der Waals surface area contributed by atoms with E-state index in [1.165, 1.54) is 0 Å². The number of aromatic amines is 1. The first kappa shape index (κ1) is 16.2. The Labute approximate surface area is 143 Å². The van der Waals surface area contributed by atoms with Crippen LogP contribution in [0.5, 0.6) is 0 Å². The topological polar surface area (TPSA) is 73.1 Å². The molecule has 1 fully saturated rings. The van der Waals surface area contributed by atoms with Gasteiger partial charge in [0, 0.05) is 44.8 Å². The van der Waals surface area contributed by atoms with Gasteiger partial charge in [-0.05, 0) is 15.9 Å². The Hall–Kier alpha value is -1.70. The summed E-state index contributed by atoms with van der Waals surface area (Å²) in [5, 5.41) is 13.3. The molecule has 7 heteroatoms. The van der Waals surface area contributed by atoms with Crippen molar-refractivity contribution < 1.29 is 4.79 Å². The third-order valence-electron chi connectivity index (χ3n) is 3.90. The van der Waals surface area contributed by atoms with Crippen LogP contribution in [0.25, 0.3) is 11.3 Å². The highest BCUT2D eigenvalue weighted by molar-refractivity contribution is 9.10. The Kier molecular flexibility index (Phi) is 5.43. The zero-order valence-corrected chi connectivity index (χ0v) is 14.4. The summed E-state index contributed by atoms with van der Waals surface area (Å²) in [6.45, 7) is 5.58. The maximum absolute atomic E-state index is 12.3. The van der Waals surface area contributed by atoms with Crippen LogP contribution in [-0.2, 0) is 0 Å². The number of nitrogens with one attached hydrogen (secondary N) is 3. The molecule has 122 valence electrons. The number of halogens is 1. The van der Waals surface area contributed by atoms with E-state index >= 15 is 0 Å². The van der Waals surface area contributed by atoms with Crippen LogP contribution in [0.2, 0.25) is 0 Å². The normalized spacial score (nSPS) is 15.5. The lowest BCUT2D eigenvalue weighted by molar-refractivity contribution is 0.0941. The van der Waals surface area contributed by atoms with Gasteiger partial charge in [-0.15, -0.1) is 0 Å². The van der Waals surface area contributed by atoms with Gasteiger partial charge in [-0.2, -0.15) is 5.10 Å². The smallest absolute Gasteiger partial charge is 0.270 e. The fourth-order valence-corrected chi connectivity index (χ4v) is 3.20. The highest BCUT2D eigenvalue weighted by atomic mass is 79.9. The van der Waals surface area contributed by atoms with Crippen molar-refractivity contribution in [2.24, 2.45) is 0 Å². The Balaban J connectivity index is 1.58. The predicted molar refractivity (Wildman–Crippen MR) is 93.4 cm³/mol. The van der Waals surface area contributed by atoms with Gasteiger partial charge >= 0.3 is 0 Å². The Morgan fingerprint density at radius 2 is 2.00 bits per heavy atom. The third kappa shape index (κ3) is 3.99. The van der Waals surface area contributed by atoms with Gasteiger partial charge in [-0.1, -0.05) is 30.3 Å². The minimum Gasteiger partial charge on any atom is -0.349 e. The molecule has 3 N–H and O–H groups in total. The maximum atomic E-state index is 12.3. The zero-order valence-electron chi connectivity index (χ0n) is 12.8. The van der Waals surface area contributed by atoms with Crippen molar-refractivity contribution in [2.45, 2.75) is 0 Å². The van der Waals surface area contributed by atoms with Crippen LogP contribution in [0.3, 0.4) is 0 Å². The first-order valence-corrected chi connectivity index (χ1v) is 8.55. The number of nitrogens with zero attached hydrogens (tertiary/aromatic N) is 2. The van der Waals surface area contributed by atoms with E-state index in [0.717, 1.165) is 44.0 Å². The van der Waals surface area contributed by atoms with Crippen molar-refractivity contribution in [3.05, 3.63) is 40.5 Å². The van der Waals surface area contributed by atoms with Gasteiger partial charge < -0.3 is 10.6 Å². The second kappa shape index (κ2) is 7.72. The summed E-state index contributed by atoms with van der Waals surface area (Å²) in [4.78, 5) is 14.7. The Bertz CT molecular complexity index is 652. The van der Waals surface area contributed by atoms with Crippen LogP contribution in [-0.4, -0.2) is 60.3 Å². The quantitative estimate of drug-likeness (QED) is 0.737. The van der Waals surface area contributed by atoms with E-state index in [-0.39, 0.29) is 5.91 Å². The number of carbonyl (C=O) groups is 1. The summed E-state index contributed by atoms with van der Waals surface area (Å²) >= 11 is 3.48. The van der Waals surface area contributed by atoms with Gasteiger partial charge in [-0.3, -0.25) is 14.8 Å². The standard InChI is InChI=1S/C16H20BrN5O/c17-13-14(12-4-2-1-3-5-12)20-21-15(13)16(23)19-8-11-22-9-6-18-7-10-22/h1-5,18H,6-11H2,(H,19,23)(H,20,21). The predicted octanol–water partition coefficient (Wildman–Crippen LogP) is 1.47. The number of rotatable bonds is 5. The molecule has 23 heavy (non-hydrogen) atoms. The lowest BCUT2D eigenvalue weighted by atomic mass is 10.1.